The molecule has 0 aliphatic carbocycles. The quantitative estimate of drug-likeness (QED) is 0.719. The predicted octanol–water partition coefficient (Wildman–Crippen LogP) is 4.64. The highest BCUT2D eigenvalue weighted by molar-refractivity contribution is 5.94. The summed E-state index contributed by atoms with van der Waals surface area (Å²) in [5.74, 6) is -0.364. The van der Waals surface area contributed by atoms with Gasteiger partial charge in [0, 0.05) is 30.3 Å². The van der Waals surface area contributed by atoms with Gasteiger partial charge >= 0.3 is 6.09 Å². The molecule has 2 aromatic rings. The third-order valence-corrected chi connectivity index (χ3v) is 6.13. The topological polar surface area (TPSA) is 64.4 Å². The maximum Gasteiger partial charge on any atom is 0.417 e. The molecule has 1 unspecified atom stereocenters. The molecule has 0 N–H and O–H groups in total. The molecule has 0 spiro atoms. The van der Waals surface area contributed by atoms with Crippen LogP contribution in [0, 0.1) is 5.92 Å². The van der Waals surface area contributed by atoms with Gasteiger partial charge in [-0.15, -0.1) is 0 Å². The first-order chi connectivity index (χ1) is 14.8. The van der Waals surface area contributed by atoms with Gasteiger partial charge in [0.05, 0.1) is 12.0 Å². The molecular formula is C25H33N3O3. The van der Waals surface area contributed by atoms with Gasteiger partial charge < -0.3 is 9.30 Å². The van der Waals surface area contributed by atoms with E-state index in [1.54, 1.807) is 0 Å². The zero-order chi connectivity index (χ0) is 22.2. The lowest BCUT2D eigenvalue weighted by atomic mass is 9.90. The van der Waals surface area contributed by atoms with Crippen LogP contribution >= 0.6 is 0 Å². The summed E-state index contributed by atoms with van der Waals surface area (Å²) in [5, 5.41) is 0. The third-order valence-electron chi connectivity index (χ3n) is 6.13. The third kappa shape index (κ3) is 4.53. The van der Waals surface area contributed by atoms with E-state index in [1.807, 2.05) is 27.1 Å². The largest absolute Gasteiger partial charge is 0.443 e. The summed E-state index contributed by atoms with van der Waals surface area (Å²) in [5.41, 5.74) is 5.51. The van der Waals surface area contributed by atoms with Crippen molar-refractivity contribution in [2.45, 2.75) is 78.2 Å². The zero-order valence-corrected chi connectivity index (χ0v) is 19.1. The van der Waals surface area contributed by atoms with E-state index in [9.17, 15) is 9.59 Å². The summed E-state index contributed by atoms with van der Waals surface area (Å²) in [6, 6.07) is 6.73. The van der Waals surface area contributed by atoms with Gasteiger partial charge in [0.25, 0.3) is 0 Å². The van der Waals surface area contributed by atoms with Gasteiger partial charge in [0.2, 0.25) is 5.91 Å². The van der Waals surface area contributed by atoms with Crippen LogP contribution in [-0.4, -0.2) is 38.6 Å². The van der Waals surface area contributed by atoms with E-state index in [0.29, 0.717) is 13.0 Å². The van der Waals surface area contributed by atoms with Crippen molar-refractivity contribution < 1.29 is 14.3 Å². The molecule has 166 valence electrons. The zero-order valence-electron chi connectivity index (χ0n) is 19.1. The number of ether oxygens (including phenoxy) is 1. The highest BCUT2D eigenvalue weighted by atomic mass is 16.6. The van der Waals surface area contributed by atoms with Crippen molar-refractivity contribution in [3.05, 3.63) is 47.0 Å². The molecule has 0 bridgehead atoms. The number of nitrogens with zero attached hydrogens (tertiary/aromatic N) is 3. The summed E-state index contributed by atoms with van der Waals surface area (Å²) in [4.78, 5) is 31.5. The fraction of sp³-hybridized carbons (Fsp3) is 0.560. The van der Waals surface area contributed by atoms with Crippen molar-refractivity contribution in [1.29, 1.82) is 0 Å². The first-order valence-electron chi connectivity index (χ1n) is 11.5. The average molecular weight is 424 g/mol. The molecule has 2 aliphatic heterocycles. The van der Waals surface area contributed by atoms with Crippen molar-refractivity contribution >= 4 is 12.0 Å². The number of aryl methyl sites for hydroxylation is 2. The van der Waals surface area contributed by atoms with Crippen molar-refractivity contribution in [3.8, 4) is 5.69 Å². The highest BCUT2D eigenvalue weighted by Gasteiger charge is 2.36. The molecule has 1 fully saturated rings. The van der Waals surface area contributed by atoms with E-state index in [4.69, 9.17) is 4.74 Å². The number of hydrogen-bond acceptors (Lipinski definition) is 4. The van der Waals surface area contributed by atoms with Crippen LogP contribution in [0.1, 0.15) is 69.5 Å². The second-order valence-electron chi connectivity index (χ2n) is 9.73. The Morgan fingerprint density at radius 3 is 2.81 bits per heavy atom. The number of carbonyl (C=O) groups excluding carboxylic acids is 2. The maximum atomic E-state index is 13.0. The molecule has 0 saturated carbocycles. The van der Waals surface area contributed by atoms with Crippen LogP contribution in [0.15, 0.2) is 24.5 Å². The molecule has 6 nitrogen and oxygen atoms in total. The molecule has 1 aromatic carbocycles. The normalized spacial score (nSPS) is 18.5. The molecule has 31 heavy (non-hydrogen) atoms. The Labute approximate surface area is 184 Å². The van der Waals surface area contributed by atoms with Crippen LogP contribution < -0.4 is 0 Å². The molecule has 6 heteroatoms. The Morgan fingerprint density at radius 2 is 2.06 bits per heavy atom. The summed E-state index contributed by atoms with van der Waals surface area (Å²) in [7, 11) is 0. The van der Waals surface area contributed by atoms with Crippen LogP contribution in [-0.2, 0) is 35.2 Å². The molecule has 1 aromatic heterocycles. The molecule has 2 aliphatic rings. The van der Waals surface area contributed by atoms with E-state index in [2.05, 4.69) is 34.7 Å². The Morgan fingerprint density at radius 1 is 1.26 bits per heavy atom. The molecule has 0 radical (unpaired) electrons. The van der Waals surface area contributed by atoms with E-state index >= 15 is 0 Å². The van der Waals surface area contributed by atoms with Gasteiger partial charge in [-0.05, 0) is 70.1 Å². The lowest BCUT2D eigenvalue weighted by Gasteiger charge is -2.32. The monoisotopic (exact) mass is 423 g/mol. The minimum absolute atomic E-state index is 0.136. The fourth-order valence-corrected chi connectivity index (χ4v) is 4.70. The number of imidazole rings is 1. The summed E-state index contributed by atoms with van der Waals surface area (Å²) in [6.45, 7) is 8.08. The number of imide groups is 1. The summed E-state index contributed by atoms with van der Waals surface area (Å²) >= 11 is 0. The van der Waals surface area contributed by atoms with Gasteiger partial charge in [0.1, 0.15) is 5.60 Å². The van der Waals surface area contributed by atoms with Gasteiger partial charge in [-0.1, -0.05) is 25.5 Å². The smallest absolute Gasteiger partial charge is 0.417 e. The SMILES string of the molecule is CCCc1ccc2c(c1)CCc1c(CC3CCCN(C(=O)OC(C)(C)C)C3=O)ncn1-2. The molecule has 4 rings (SSSR count). The van der Waals surface area contributed by atoms with E-state index in [1.165, 1.54) is 27.4 Å². The van der Waals surface area contributed by atoms with Crippen LogP contribution in [0.3, 0.4) is 0 Å². The van der Waals surface area contributed by atoms with E-state index in [-0.39, 0.29) is 11.8 Å². The second-order valence-corrected chi connectivity index (χ2v) is 9.73. The van der Waals surface area contributed by atoms with Crippen LogP contribution in [0.2, 0.25) is 0 Å². The number of rotatable bonds is 4. The Hall–Kier alpha value is -2.63. The molecule has 3 heterocycles. The first-order valence-corrected chi connectivity index (χ1v) is 11.5. The van der Waals surface area contributed by atoms with Crippen LogP contribution in [0.25, 0.3) is 5.69 Å². The maximum absolute atomic E-state index is 13.0. The first kappa shape index (κ1) is 21.6. The number of carbonyl (C=O) groups is 2. The lowest BCUT2D eigenvalue weighted by Crippen LogP contribution is -2.47. The average Bonchev–Trinajstić information content (AvgIpc) is 3.11. The number of benzene rings is 1. The number of fused-ring (bicyclic) bond motifs is 3. The van der Waals surface area contributed by atoms with Crippen molar-refractivity contribution in [2.75, 3.05) is 6.54 Å². The number of aromatic nitrogens is 2. The molecule has 2 amide bonds. The second kappa shape index (κ2) is 8.48. The van der Waals surface area contributed by atoms with Crippen LogP contribution in [0.4, 0.5) is 4.79 Å². The number of hydrogen-bond donors (Lipinski definition) is 0. The molecular weight excluding hydrogens is 390 g/mol. The van der Waals surface area contributed by atoms with Gasteiger partial charge in [0.15, 0.2) is 0 Å². The lowest BCUT2D eigenvalue weighted by molar-refractivity contribution is -0.137. The van der Waals surface area contributed by atoms with Gasteiger partial charge in [-0.3, -0.25) is 4.79 Å². The number of piperidine rings is 1. The molecule has 1 saturated heterocycles. The Balaban J connectivity index is 1.51. The minimum atomic E-state index is -0.613. The number of likely N-dealkylation sites (tertiary alicyclic amines) is 1. The predicted molar refractivity (Wildman–Crippen MR) is 119 cm³/mol. The van der Waals surface area contributed by atoms with E-state index in [0.717, 1.165) is 44.2 Å². The van der Waals surface area contributed by atoms with E-state index < -0.39 is 11.7 Å². The Kier molecular flexibility index (Phi) is 5.91. The molecule has 1 atom stereocenters. The summed E-state index contributed by atoms with van der Waals surface area (Å²) in [6.07, 6.45) is 7.68. The number of amides is 2. The Bertz CT molecular complexity index is 986. The standard InChI is InChI=1S/C25H33N3O3/c1-5-7-17-9-11-21-18(14-17)10-12-22-20(26-16-28(21)22)15-19-8-6-13-27(23(19)29)24(30)31-25(2,3)4/h9,11,14,16,19H,5-8,10,12-13,15H2,1-4H3. The summed E-state index contributed by atoms with van der Waals surface area (Å²) < 4.78 is 7.62. The highest BCUT2D eigenvalue weighted by Crippen LogP contribution is 2.30. The van der Waals surface area contributed by atoms with Crippen molar-refractivity contribution in [2.24, 2.45) is 5.92 Å². The van der Waals surface area contributed by atoms with Crippen molar-refractivity contribution in [3.63, 3.8) is 0 Å². The fourth-order valence-electron chi connectivity index (χ4n) is 4.70. The van der Waals surface area contributed by atoms with Crippen LogP contribution in [0.5, 0.6) is 0 Å². The minimum Gasteiger partial charge on any atom is -0.443 e. The van der Waals surface area contributed by atoms with Crippen molar-refractivity contribution in [1.82, 2.24) is 14.5 Å². The van der Waals surface area contributed by atoms with Gasteiger partial charge in [-0.2, -0.15) is 0 Å². The van der Waals surface area contributed by atoms with Gasteiger partial charge in [-0.25, -0.2) is 14.7 Å².